The predicted octanol–water partition coefficient (Wildman–Crippen LogP) is 7.10. The smallest absolute Gasteiger partial charge is 0.336 e. The maximum absolute atomic E-state index is 11.8. The molecule has 0 aromatic heterocycles. The summed E-state index contributed by atoms with van der Waals surface area (Å²) in [7, 11) is 1.59. The SMILES string of the molecule is COc1cc(/C(C)=C/C=C/[C@H](C)C/C(C)=C/C[C@@H]2C[C@@H](O)C[C@]3(CC[C@H](C)[C@@H](C)O3)O2)c(C(=O)O)cc1C. The van der Waals surface area contributed by atoms with Crippen LogP contribution in [0.25, 0.3) is 5.57 Å². The summed E-state index contributed by atoms with van der Waals surface area (Å²) in [4.78, 5) is 11.8. The zero-order valence-electron chi connectivity index (χ0n) is 24.1. The number of aliphatic hydroxyl groups excluding tert-OH is 1. The van der Waals surface area contributed by atoms with Gasteiger partial charge >= 0.3 is 5.97 Å². The highest BCUT2D eigenvalue weighted by molar-refractivity contribution is 5.94. The fourth-order valence-electron chi connectivity index (χ4n) is 5.61. The van der Waals surface area contributed by atoms with Crippen LogP contribution in [0, 0.1) is 18.8 Å². The van der Waals surface area contributed by atoms with E-state index in [2.05, 4.69) is 39.8 Å². The molecule has 2 heterocycles. The van der Waals surface area contributed by atoms with Gasteiger partial charge in [-0.15, -0.1) is 0 Å². The van der Waals surface area contributed by atoms with Gasteiger partial charge in [0.1, 0.15) is 5.75 Å². The first-order valence-electron chi connectivity index (χ1n) is 13.9. The third-order valence-corrected chi connectivity index (χ3v) is 7.99. The Labute approximate surface area is 228 Å². The van der Waals surface area contributed by atoms with Gasteiger partial charge in [-0.1, -0.05) is 43.7 Å². The first kappa shape index (κ1) is 30.1. The van der Waals surface area contributed by atoms with Crippen LogP contribution in [0.3, 0.4) is 0 Å². The van der Waals surface area contributed by atoms with E-state index < -0.39 is 17.9 Å². The van der Waals surface area contributed by atoms with E-state index in [1.807, 2.05) is 26.0 Å². The highest BCUT2D eigenvalue weighted by Crippen LogP contribution is 2.41. The number of aromatic carboxylic acids is 1. The minimum atomic E-state index is -0.948. The number of hydrogen-bond acceptors (Lipinski definition) is 5. The van der Waals surface area contributed by atoms with Crippen molar-refractivity contribution >= 4 is 11.5 Å². The Kier molecular flexibility index (Phi) is 10.4. The Morgan fingerprint density at radius 2 is 1.97 bits per heavy atom. The molecule has 0 bridgehead atoms. The molecule has 6 heteroatoms. The molecule has 2 aliphatic rings. The van der Waals surface area contributed by atoms with Crippen LogP contribution in [-0.4, -0.2) is 47.4 Å². The zero-order valence-corrected chi connectivity index (χ0v) is 24.1. The molecule has 1 spiro atoms. The predicted molar refractivity (Wildman–Crippen MR) is 151 cm³/mol. The summed E-state index contributed by atoms with van der Waals surface area (Å²) >= 11 is 0. The van der Waals surface area contributed by atoms with E-state index in [1.165, 1.54) is 5.57 Å². The topological polar surface area (TPSA) is 85.2 Å². The lowest BCUT2D eigenvalue weighted by molar-refractivity contribution is -0.331. The molecule has 0 saturated carbocycles. The highest BCUT2D eigenvalue weighted by Gasteiger charge is 2.46. The summed E-state index contributed by atoms with van der Waals surface area (Å²) in [5.74, 6) is -0.0874. The number of methoxy groups -OCH3 is 1. The van der Waals surface area contributed by atoms with E-state index in [0.717, 1.165) is 36.8 Å². The molecule has 0 unspecified atom stereocenters. The largest absolute Gasteiger partial charge is 0.496 e. The number of carboxylic acid groups (broad SMARTS) is 1. The second kappa shape index (κ2) is 13.1. The molecule has 2 aliphatic heterocycles. The lowest BCUT2D eigenvalue weighted by Crippen LogP contribution is -2.52. The molecular formula is C32H46O6. The third-order valence-electron chi connectivity index (χ3n) is 7.99. The normalized spacial score (nSPS) is 29.6. The Balaban J connectivity index is 1.59. The van der Waals surface area contributed by atoms with Crippen LogP contribution in [-0.2, 0) is 9.47 Å². The molecule has 0 radical (unpaired) electrons. The zero-order chi connectivity index (χ0) is 28.0. The van der Waals surface area contributed by atoms with Gasteiger partial charge in [-0.25, -0.2) is 4.79 Å². The lowest BCUT2D eigenvalue weighted by Gasteiger charge is -2.48. The van der Waals surface area contributed by atoms with Crippen molar-refractivity contribution in [3.05, 3.63) is 58.7 Å². The number of hydrogen-bond donors (Lipinski definition) is 2. The molecule has 38 heavy (non-hydrogen) atoms. The maximum Gasteiger partial charge on any atom is 0.336 e. The van der Waals surface area contributed by atoms with Gasteiger partial charge in [0.25, 0.3) is 0 Å². The summed E-state index contributed by atoms with van der Waals surface area (Å²) in [6.45, 7) is 12.4. The van der Waals surface area contributed by atoms with Crippen LogP contribution in [0.15, 0.2) is 42.0 Å². The van der Waals surface area contributed by atoms with Gasteiger partial charge in [0.15, 0.2) is 5.79 Å². The number of allylic oxidation sites excluding steroid dienone is 5. The van der Waals surface area contributed by atoms with Crippen LogP contribution in [0.1, 0.15) is 94.6 Å². The molecule has 0 amide bonds. The second-order valence-electron chi connectivity index (χ2n) is 11.5. The Hall–Kier alpha value is -2.41. The monoisotopic (exact) mass is 526 g/mol. The van der Waals surface area contributed by atoms with Gasteiger partial charge in [-0.05, 0) is 87.6 Å². The summed E-state index contributed by atoms with van der Waals surface area (Å²) < 4.78 is 18.1. The minimum absolute atomic E-state index is 0.0410. The van der Waals surface area contributed by atoms with E-state index in [0.29, 0.717) is 36.0 Å². The average Bonchev–Trinajstić information content (AvgIpc) is 2.84. The summed E-state index contributed by atoms with van der Waals surface area (Å²) in [6.07, 6.45) is 12.8. The van der Waals surface area contributed by atoms with Crippen molar-refractivity contribution in [1.29, 1.82) is 0 Å². The van der Waals surface area contributed by atoms with Crippen LogP contribution in [0.5, 0.6) is 5.75 Å². The summed E-state index contributed by atoms with van der Waals surface area (Å²) in [6, 6.07) is 3.45. The van der Waals surface area contributed by atoms with E-state index in [-0.39, 0.29) is 17.8 Å². The Morgan fingerprint density at radius 1 is 1.24 bits per heavy atom. The van der Waals surface area contributed by atoms with Gasteiger partial charge in [0.2, 0.25) is 0 Å². The van der Waals surface area contributed by atoms with Crippen molar-refractivity contribution in [2.75, 3.05) is 7.11 Å². The number of ether oxygens (including phenoxy) is 3. The van der Waals surface area contributed by atoms with Crippen LogP contribution in [0.4, 0.5) is 0 Å². The standard InChI is InChI=1S/C32H46O6/c1-20(9-8-10-23(4)28-18-30(36-7)24(5)16-29(28)31(34)35)15-21(2)11-12-27-17-26(33)19-32(38-27)14-13-22(3)25(6)37-32/h8-11,16,18,20,22,25-27,33H,12-15,17,19H2,1-7H3,(H,34,35)/b9-8+,21-11+,23-10+/t20-,22-,25+,26+,27+,32-/m0/s1. The van der Waals surface area contributed by atoms with Gasteiger partial charge in [-0.3, -0.25) is 0 Å². The molecule has 1 aromatic rings. The molecule has 1 aromatic carbocycles. The number of rotatable bonds is 9. The first-order chi connectivity index (χ1) is 17.9. The highest BCUT2D eigenvalue weighted by atomic mass is 16.7. The molecular weight excluding hydrogens is 480 g/mol. The van der Waals surface area contributed by atoms with Gasteiger partial charge in [-0.2, -0.15) is 0 Å². The quantitative estimate of drug-likeness (QED) is 0.264. The number of aryl methyl sites for hydroxylation is 1. The van der Waals surface area contributed by atoms with Gasteiger partial charge < -0.3 is 24.4 Å². The van der Waals surface area contributed by atoms with Gasteiger partial charge in [0, 0.05) is 19.3 Å². The van der Waals surface area contributed by atoms with Crippen molar-refractivity contribution in [2.24, 2.45) is 11.8 Å². The third kappa shape index (κ3) is 7.81. The molecule has 2 N–H and O–H groups in total. The number of carbonyl (C=O) groups is 1. The Morgan fingerprint density at radius 3 is 2.63 bits per heavy atom. The molecule has 2 saturated heterocycles. The molecule has 2 fully saturated rings. The van der Waals surface area contributed by atoms with Crippen molar-refractivity contribution in [2.45, 2.75) is 104 Å². The Bertz CT molecular complexity index is 1070. The van der Waals surface area contributed by atoms with Crippen molar-refractivity contribution in [1.82, 2.24) is 0 Å². The van der Waals surface area contributed by atoms with Crippen LogP contribution < -0.4 is 4.74 Å². The fourth-order valence-corrected chi connectivity index (χ4v) is 5.61. The number of benzene rings is 1. The molecule has 0 aliphatic carbocycles. The van der Waals surface area contributed by atoms with Crippen LogP contribution in [0.2, 0.25) is 0 Å². The minimum Gasteiger partial charge on any atom is -0.496 e. The first-order valence-corrected chi connectivity index (χ1v) is 13.9. The number of aliphatic hydroxyl groups is 1. The van der Waals surface area contributed by atoms with E-state index in [4.69, 9.17) is 14.2 Å². The van der Waals surface area contributed by atoms with Crippen LogP contribution >= 0.6 is 0 Å². The fraction of sp³-hybridized carbons (Fsp3) is 0.594. The van der Waals surface area contributed by atoms with Gasteiger partial charge in [0.05, 0.1) is 31.0 Å². The van der Waals surface area contributed by atoms with E-state index in [9.17, 15) is 15.0 Å². The van der Waals surface area contributed by atoms with Crippen molar-refractivity contribution in [3.8, 4) is 5.75 Å². The lowest BCUT2D eigenvalue weighted by atomic mass is 9.86. The molecule has 210 valence electrons. The summed E-state index contributed by atoms with van der Waals surface area (Å²) in [5.41, 5.74) is 3.88. The van der Waals surface area contributed by atoms with Crippen molar-refractivity contribution in [3.63, 3.8) is 0 Å². The van der Waals surface area contributed by atoms with Crippen molar-refractivity contribution < 1.29 is 29.2 Å². The van der Waals surface area contributed by atoms with E-state index >= 15 is 0 Å². The van der Waals surface area contributed by atoms with E-state index in [1.54, 1.807) is 19.2 Å². The summed E-state index contributed by atoms with van der Waals surface area (Å²) in [5, 5.41) is 20.2. The maximum atomic E-state index is 11.8. The average molecular weight is 527 g/mol. The molecule has 6 nitrogen and oxygen atoms in total. The molecule has 6 atom stereocenters. The molecule has 3 rings (SSSR count). The number of carboxylic acids is 1. The second-order valence-corrected chi connectivity index (χ2v) is 11.5.